The van der Waals surface area contributed by atoms with Crippen molar-refractivity contribution in [1.82, 2.24) is 5.32 Å². The van der Waals surface area contributed by atoms with Crippen LogP contribution in [-0.4, -0.2) is 19.2 Å². The molecular weight excluding hydrogens is 216 g/mol. The number of hydrogen-bond acceptors (Lipinski definition) is 2. The minimum Gasteiger partial charge on any atom is -0.495 e. The highest BCUT2D eigenvalue weighted by Gasteiger charge is 2.19. The van der Waals surface area contributed by atoms with E-state index in [1.807, 2.05) is 25.1 Å². The molecule has 1 aliphatic carbocycles. The summed E-state index contributed by atoms with van der Waals surface area (Å²) in [6, 6.07) is 5.89. The highest BCUT2D eigenvalue weighted by Crippen LogP contribution is 2.25. The van der Waals surface area contributed by atoms with E-state index in [0.717, 1.165) is 18.4 Å². The van der Waals surface area contributed by atoms with Crippen LogP contribution in [0, 0.1) is 6.92 Å². The lowest BCUT2D eigenvalue weighted by Crippen LogP contribution is -2.41. The van der Waals surface area contributed by atoms with Gasteiger partial charge in [0.2, 0.25) is 0 Å². The zero-order chi connectivity index (χ0) is 12.3. The summed E-state index contributed by atoms with van der Waals surface area (Å²) in [6.45, 7) is 1.98. The Morgan fingerprint density at radius 1 is 1.41 bits per heavy atom. The Labute approximate surface area is 101 Å². The first-order valence-corrected chi connectivity index (χ1v) is 5.91. The summed E-state index contributed by atoms with van der Waals surface area (Å²) in [6.07, 6.45) is 3.37. The molecule has 17 heavy (non-hydrogen) atoms. The number of hydrogen-bond donors (Lipinski definition) is 2. The topological polar surface area (TPSA) is 50.4 Å². The largest absolute Gasteiger partial charge is 0.495 e. The maximum atomic E-state index is 11.7. The molecule has 4 nitrogen and oxygen atoms in total. The molecule has 1 fully saturated rings. The molecule has 0 atom stereocenters. The first kappa shape index (κ1) is 11.8. The van der Waals surface area contributed by atoms with Crippen LogP contribution in [0.4, 0.5) is 10.5 Å². The van der Waals surface area contributed by atoms with Crippen LogP contribution < -0.4 is 15.4 Å². The zero-order valence-electron chi connectivity index (χ0n) is 10.2. The van der Waals surface area contributed by atoms with Gasteiger partial charge >= 0.3 is 6.03 Å². The average Bonchev–Trinajstić information content (AvgIpc) is 2.24. The first-order chi connectivity index (χ1) is 8.19. The molecule has 0 saturated heterocycles. The van der Waals surface area contributed by atoms with E-state index in [2.05, 4.69) is 10.6 Å². The van der Waals surface area contributed by atoms with Crippen molar-refractivity contribution in [1.29, 1.82) is 0 Å². The van der Waals surface area contributed by atoms with Gasteiger partial charge in [-0.2, -0.15) is 0 Å². The van der Waals surface area contributed by atoms with E-state index in [9.17, 15) is 4.79 Å². The smallest absolute Gasteiger partial charge is 0.319 e. The maximum absolute atomic E-state index is 11.7. The molecule has 0 radical (unpaired) electrons. The van der Waals surface area contributed by atoms with Crippen LogP contribution in [0.25, 0.3) is 0 Å². The van der Waals surface area contributed by atoms with Crippen molar-refractivity contribution >= 4 is 11.7 Å². The minimum absolute atomic E-state index is 0.154. The van der Waals surface area contributed by atoms with Gasteiger partial charge in [-0.15, -0.1) is 0 Å². The number of rotatable bonds is 3. The Morgan fingerprint density at radius 3 is 2.76 bits per heavy atom. The Kier molecular flexibility index (Phi) is 3.52. The van der Waals surface area contributed by atoms with Crippen molar-refractivity contribution in [2.45, 2.75) is 32.2 Å². The highest BCUT2D eigenvalue weighted by molar-refractivity contribution is 5.91. The lowest BCUT2D eigenvalue weighted by atomic mass is 9.93. The van der Waals surface area contributed by atoms with Gasteiger partial charge < -0.3 is 15.4 Å². The van der Waals surface area contributed by atoms with Gasteiger partial charge in [0.25, 0.3) is 0 Å². The monoisotopic (exact) mass is 234 g/mol. The molecule has 1 aromatic carbocycles. The van der Waals surface area contributed by atoms with Gasteiger partial charge in [-0.3, -0.25) is 0 Å². The van der Waals surface area contributed by atoms with E-state index in [1.165, 1.54) is 6.42 Å². The van der Waals surface area contributed by atoms with E-state index in [4.69, 9.17) is 4.74 Å². The van der Waals surface area contributed by atoms with Crippen LogP contribution in [0.1, 0.15) is 24.8 Å². The van der Waals surface area contributed by atoms with Crippen molar-refractivity contribution in [2.75, 3.05) is 12.4 Å². The minimum atomic E-state index is -0.154. The molecule has 1 aromatic rings. The summed E-state index contributed by atoms with van der Waals surface area (Å²) in [5.41, 5.74) is 1.80. The van der Waals surface area contributed by atoms with Crippen molar-refractivity contribution in [2.24, 2.45) is 0 Å². The predicted octanol–water partition coefficient (Wildman–Crippen LogP) is 2.68. The Hall–Kier alpha value is -1.71. The van der Waals surface area contributed by atoms with Crippen molar-refractivity contribution in [3.8, 4) is 5.75 Å². The van der Waals surface area contributed by atoms with Crippen LogP contribution in [0.3, 0.4) is 0 Å². The Bertz CT molecular complexity index is 414. The van der Waals surface area contributed by atoms with Crippen molar-refractivity contribution in [3.63, 3.8) is 0 Å². The molecule has 0 bridgehead atoms. The quantitative estimate of drug-likeness (QED) is 0.844. The number of urea groups is 1. The number of methoxy groups -OCH3 is 1. The average molecular weight is 234 g/mol. The zero-order valence-corrected chi connectivity index (χ0v) is 10.2. The molecule has 0 aromatic heterocycles. The maximum Gasteiger partial charge on any atom is 0.319 e. The first-order valence-electron chi connectivity index (χ1n) is 5.91. The van der Waals surface area contributed by atoms with E-state index in [1.54, 1.807) is 7.11 Å². The van der Waals surface area contributed by atoms with E-state index < -0.39 is 0 Å². The van der Waals surface area contributed by atoms with Gasteiger partial charge in [0.05, 0.1) is 12.8 Å². The SMILES string of the molecule is COc1ccc(C)cc1NC(=O)NC1CCC1. The van der Waals surface area contributed by atoms with E-state index in [0.29, 0.717) is 17.5 Å². The van der Waals surface area contributed by atoms with Gasteiger partial charge in [-0.25, -0.2) is 4.79 Å². The van der Waals surface area contributed by atoms with Crippen LogP contribution in [-0.2, 0) is 0 Å². The number of aryl methyl sites for hydroxylation is 1. The van der Waals surface area contributed by atoms with Gasteiger partial charge in [-0.05, 0) is 43.9 Å². The second-order valence-electron chi connectivity index (χ2n) is 4.43. The van der Waals surface area contributed by atoms with Gasteiger partial charge in [0.1, 0.15) is 5.75 Å². The van der Waals surface area contributed by atoms with Crippen molar-refractivity contribution in [3.05, 3.63) is 23.8 Å². The third-order valence-corrected chi connectivity index (χ3v) is 3.04. The molecular formula is C13H18N2O2. The Morgan fingerprint density at radius 2 is 2.18 bits per heavy atom. The molecule has 0 aliphatic heterocycles. The normalized spacial score (nSPS) is 14.9. The summed E-state index contributed by atoms with van der Waals surface area (Å²) < 4.78 is 5.20. The molecule has 0 unspecified atom stereocenters. The Balaban J connectivity index is 2.00. The number of nitrogens with one attached hydrogen (secondary N) is 2. The lowest BCUT2D eigenvalue weighted by molar-refractivity contribution is 0.240. The number of benzene rings is 1. The molecule has 1 saturated carbocycles. The number of anilines is 1. The third-order valence-electron chi connectivity index (χ3n) is 3.04. The number of carbonyl (C=O) groups is 1. The number of amides is 2. The molecule has 4 heteroatoms. The fourth-order valence-electron chi connectivity index (χ4n) is 1.82. The van der Waals surface area contributed by atoms with Gasteiger partial charge in [-0.1, -0.05) is 6.07 Å². The van der Waals surface area contributed by atoms with E-state index in [-0.39, 0.29) is 6.03 Å². The second kappa shape index (κ2) is 5.08. The van der Waals surface area contributed by atoms with Crippen LogP contribution >= 0.6 is 0 Å². The number of carbonyl (C=O) groups excluding carboxylic acids is 1. The lowest BCUT2D eigenvalue weighted by Gasteiger charge is -2.26. The van der Waals surface area contributed by atoms with Gasteiger partial charge in [0, 0.05) is 6.04 Å². The third kappa shape index (κ3) is 2.90. The van der Waals surface area contributed by atoms with Crippen LogP contribution in [0.5, 0.6) is 5.75 Å². The van der Waals surface area contributed by atoms with Crippen molar-refractivity contribution < 1.29 is 9.53 Å². The number of ether oxygens (including phenoxy) is 1. The fourth-order valence-corrected chi connectivity index (χ4v) is 1.82. The second-order valence-corrected chi connectivity index (χ2v) is 4.43. The molecule has 0 spiro atoms. The van der Waals surface area contributed by atoms with Crippen LogP contribution in [0.15, 0.2) is 18.2 Å². The van der Waals surface area contributed by atoms with Gasteiger partial charge in [0.15, 0.2) is 0 Å². The molecule has 2 amide bonds. The van der Waals surface area contributed by atoms with E-state index >= 15 is 0 Å². The molecule has 2 N–H and O–H groups in total. The summed E-state index contributed by atoms with van der Waals surface area (Å²) in [5.74, 6) is 0.680. The summed E-state index contributed by atoms with van der Waals surface area (Å²) in [7, 11) is 1.60. The summed E-state index contributed by atoms with van der Waals surface area (Å²) in [4.78, 5) is 11.7. The molecule has 1 aliphatic rings. The molecule has 0 heterocycles. The highest BCUT2D eigenvalue weighted by atomic mass is 16.5. The molecule has 2 rings (SSSR count). The fraction of sp³-hybridized carbons (Fsp3) is 0.462. The molecule has 92 valence electrons. The summed E-state index contributed by atoms with van der Waals surface area (Å²) >= 11 is 0. The van der Waals surface area contributed by atoms with Crippen LogP contribution in [0.2, 0.25) is 0 Å². The summed E-state index contributed by atoms with van der Waals surface area (Å²) in [5, 5.41) is 5.76. The predicted molar refractivity (Wildman–Crippen MR) is 67.5 cm³/mol. The standard InChI is InChI=1S/C13H18N2O2/c1-9-6-7-12(17-2)11(8-9)15-13(16)14-10-4-3-5-10/h6-8,10H,3-5H2,1-2H3,(H2,14,15,16).